The number of thiazole rings is 1. The lowest BCUT2D eigenvalue weighted by Gasteiger charge is -2.13. The first-order valence-corrected chi connectivity index (χ1v) is 8.92. The number of rotatable bonds is 8. The number of nitro groups is 1. The molecule has 1 heterocycles. The van der Waals surface area contributed by atoms with Gasteiger partial charge in [-0.1, -0.05) is 0 Å². The first-order valence-electron chi connectivity index (χ1n) is 8.10. The van der Waals surface area contributed by atoms with Gasteiger partial charge in [0.05, 0.1) is 16.2 Å². The summed E-state index contributed by atoms with van der Waals surface area (Å²) in [5.41, 5.74) is 6.94. The Morgan fingerprint density at radius 3 is 2.67 bits per heavy atom. The highest BCUT2D eigenvalue weighted by Crippen LogP contribution is 2.30. The van der Waals surface area contributed by atoms with Crippen LogP contribution in [-0.2, 0) is 4.79 Å². The molecule has 2 aromatic rings. The molecule has 11 heteroatoms. The number of aryl methyl sites for hydroxylation is 1. The van der Waals surface area contributed by atoms with Gasteiger partial charge in [-0.2, -0.15) is 0 Å². The van der Waals surface area contributed by atoms with Gasteiger partial charge in [0.15, 0.2) is 5.13 Å². The molecule has 0 spiro atoms. The van der Waals surface area contributed by atoms with Crippen molar-refractivity contribution in [3.63, 3.8) is 0 Å². The highest BCUT2D eigenvalue weighted by atomic mass is 32.1. The first-order chi connectivity index (χ1) is 12.8. The molecule has 0 aliphatic carbocycles. The summed E-state index contributed by atoms with van der Waals surface area (Å²) in [5.74, 6) is -0.861. The fourth-order valence-corrected chi connectivity index (χ4v) is 3.03. The molecule has 0 saturated carbocycles. The van der Waals surface area contributed by atoms with Crippen LogP contribution < -0.4 is 21.7 Å². The van der Waals surface area contributed by atoms with E-state index in [1.54, 1.807) is 18.2 Å². The van der Waals surface area contributed by atoms with Crippen LogP contribution in [0.4, 0.5) is 21.5 Å². The van der Waals surface area contributed by atoms with Gasteiger partial charge in [0.25, 0.3) is 5.91 Å². The van der Waals surface area contributed by atoms with Crippen LogP contribution in [0.3, 0.4) is 0 Å². The van der Waals surface area contributed by atoms with Crippen molar-refractivity contribution < 1.29 is 14.5 Å². The van der Waals surface area contributed by atoms with E-state index in [0.717, 1.165) is 23.4 Å². The summed E-state index contributed by atoms with van der Waals surface area (Å²) in [6.07, 6.45) is 0.778. The molecule has 0 aliphatic heterocycles. The van der Waals surface area contributed by atoms with E-state index < -0.39 is 10.8 Å². The Morgan fingerprint density at radius 2 is 2.07 bits per heavy atom. The minimum atomic E-state index is -0.548. The summed E-state index contributed by atoms with van der Waals surface area (Å²) in [7, 11) is 0. The second-order valence-corrected chi connectivity index (χ2v) is 6.61. The summed E-state index contributed by atoms with van der Waals surface area (Å²) in [6, 6.07) is 4.90. The number of nitrogens with two attached hydrogens (primary N) is 1. The van der Waals surface area contributed by atoms with Crippen molar-refractivity contribution in [3.05, 3.63) is 39.6 Å². The van der Waals surface area contributed by atoms with Crippen molar-refractivity contribution in [2.45, 2.75) is 20.3 Å². The number of hydrogen-bond acceptors (Lipinski definition) is 8. The van der Waals surface area contributed by atoms with Crippen molar-refractivity contribution >= 4 is 44.7 Å². The normalized spacial score (nSPS) is 10.3. The Balaban J connectivity index is 2.24. The Morgan fingerprint density at radius 1 is 1.33 bits per heavy atom. The van der Waals surface area contributed by atoms with E-state index in [4.69, 9.17) is 5.73 Å². The zero-order chi connectivity index (χ0) is 20.0. The molecule has 10 nitrogen and oxygen atoms in total. The van der Waals surface area contributed by atoms with Crippen LogP contribution in [0.1, 0.15) is 29.4 Å². The number of nitrogens with zero attached hydrogens (tertiary/aromatic N) is 2. The van der Waals surface area contributed by atoms with Gasteiger partial charge < -0.3 is 16.4 Å². The van der Waals surface area contributed by atoms with E-state index in [1.165, 1.54) is 13.8 Å². The maximum absolute atomic E-state index is 12.6. The van der Waals surface area contributed by atoms with Gasteiger partial charge >= 0.3 is 5.00 Å². The molecule has 0 saturated heterocycles. The third-order valence-corrected chi connectivity index (χ3v) is 4.47. The molecule has 0 radical (unpaired) electrons. The van der Waals surface area contributed by atoms with Gasteiger partial charge in [0.2, 0.25) is 5.91 Å². The Hall–Kier alpha value is -3.05. The summed E-state index contributed by atoms with van der Waals surface area (Å²) in [4.78, 5) is 38.4. The highest BCUT2D eigenvalue weighted by Gasteiger charge is 2.20. The fourth-order valence-electron chi connectivity index (χ4n) is 2.26. The maximum atomic E-state index is 12.6. The van der Waals surface area contributed by atoms with Gasteiger partial charge in [-0.3, -0.25) is 25.0 Å². The summed E-state index contributed by atoms with van der Waals surface area (Å²) in [5, 5.41) is 19.2. The third kappa shape index (κ3) is 5.46. The molecule has 0 bridgehead atoms. The molecule has 0 unspecified atom stereocenters. The van der Waals surface area contributed by atoms with Crippen LogP contribution in [0.2, 0.25) is 0 Å². The molecular formula is C16H20N6O4S. The minimum Gasteiger partial charge on any atom is -0.385 e. The van der Waals surface area contributed by atoms with E-state index in [2.05, 4.69) is 20.9 Å². The molecule has 5 N–H and O–H groups in total. The van der Waals surface area contributed by atoms with Gasteiger partial charge in [-0.05, 0) is 49.4 Å². The molecule has 0 aliphatic rings. The second kappa shape index (κ2) is 9.05. The van der Waals surface area contributed by atoms with Crippen LogP contribution in [0.25, 0.3) is 0 Å². The lowest BCUT2D eigenvalue weighted by molar-refractivity contribution is -0.380. The predicted molar refractivity (Wildman–Crippen MR) is 104 cm³/mol. The van der Waals surface area contributed by atoms with Crippen molar-refractivity contribution in [2.75, 3.05) is 29.0 Å². The monoisotopic (exact) mass is 392 g/mol. The van der Waals surface area contributed by atoms with Gasteiger partial charge in [-0.15, -0.1) is 0 Å². The average Bonchev–Trinajstić information content (AvgIpc) is 2.95. The van der Waals surface area contributed by atoms with E-state index in [0.29, 0.717) is 18.8 Å². The molecule has 27 heavy (non-hydrogen) atoms. The van der Waals surface area contributed by atoms with Crippen LogP contribution >= 0.6 is 11.3 Å². The number of carbonyl (C=O) groups excluding carboxylic acids is 2. The number of anilines is 3. The van der Waals surface area contributed by atoms with Crippen LogP contribution in [0.15, 0.2) is 18.2 Å². The Labute approximate surface area is 159 Å². The Kier molecular flexibility index (Phi) is 6.79. The van der Waals surface area contributed by atoms with Crippen LogP contribution in [0.5, 0.6) is 0 Å². The summed E-state index contributed by atoms with van der Waals surface area (Å²) >= 11 is 0.773. The highest BCUT2D eigenvalue weighted by molar-refractivity contribution is 7.19. The van der Waals surface area contributed by atoms with Gasteiger partial charge in [-0.25, -0.2) is 4.98 Å². The number of aromatic nitrogens is 1. The van der Waals surface area contributed by atoms with E-state index in [1.807, 2.05) is 0 Å². The fraction of sp³-hybridized carbons (Fsp3) is 0.312. The third-order valence-electron chi connectivity index (χ3n) is 3.44. The predicted octanol–water partition coefficient (Wildman–Crippen LogP) is 2.33. The van der Waals surface area contributed by atoms with E-state index in [9.17, 15) is 19.7 Å². The van der Waals surface area contributed by atoms with Crippen molar-refractivity contribution in [1.82, 2.24) is 4.98 Å². The van der Waals surface area contributed by atoms with Crippen LogP contribution in [-0.4, -0.2) is 34.8 Å². The molecule has 0 fully saturated rings. The number of benzene rings is 1. The molecular weight excluding hydrogens is 372 g/mol. The molecule has 144 valence electrons. The molecule has 1 aromatic heterocycles. The van der Waals surface area contributed by atoms with Crippen molar-refractivity contribution in [3.8, 4) is 0 Å². The minimum absolute atomic E-state index is 0.114. The molecule has 0 atom stereocenters. The van der Waals surface area contributed by atoms with Crippen molar-refractivity contribution in [1.29, 1.82) is 0 Å². The lowest BCUT2D eigenvalue weighted by atomic mass is 10.1. The molecule has 2 amide bonds. The number of nitrogens with one attached hydrogen (secondary N) is 3. The standard InChI is InChI=1S/C16H20N6O4S/c1-9-15(22(25)26)27-16(19-9)21-14(24)12-5-4-11(18-7-3-6-17)8-13(12)20-10(2)23/h4-5,8,18H,3,6-7,17H2,1-2H3,(H,20,23)(H,19,21,24). The second-order valence-electron chi connectivity index (χ2n) is 5.63. The first kappa shape index (κ1) is 20.3. The number of carbonyl (C=O) groups is 2. The zero-order valence-electron chi connectivity index (χ0n) is 14.9. The van der Waals surface area contributed by atoms with E-state index >= 15 is 0 Å². The van der Waals surface area contributed by atoms with Gasteiger partial charge in [0.1, 0.15) is 5.69 Å². The van der Waals surface area contributed by atoms with Crippen molar-refractivity contribution in [2.24, 2.45) is 5.73 Å². The SMILES string of the molecule is CC(=O)Nc1cc(NCCCN)ccc1C(=O)Nc1nc(C)c([N+](=O)[O-])s1. The molecule has 1 aromatic carbocycles. The maximum Gasteiger partial charge on any atom is 0.348 e. The zero-order valence-corrected chi connectivity index (χ0v) is 15.7. The molecule has 2 rings (SSSR count). The largest absolute Gasteiger partial charge is 0.385 e. The Bertz CT molecular complexity index is 867. The number of hydrogen-bond donors (Lipinski definition) is 4. The topological polar surface area (TPSA) is 152 Å². The van der Waals surface area contributed by atoms with Gasteiger partial charge in [0, 0.05) is 19.2 Å². The number of amides is 2. The summed E-state index contributed by atoms with van der Waals surface area (Å²) in [6.45, 7) is 4.04. The lowest BCUT2D eigenvalue weighted by Crippen LogP contribution is -2.17. The summed E-state index contributed by atoms with van der Waals surface area (Å²) < 4.78 is 0. The van der Waals surface area contributed by atoms with E-state index in [-0.39, 0.29) is 27.3 Å². The quantitative estimate of drug-likeness (QED) is 0.305. The average molecular weight is 392 g/mol. The van der Waals surface area contributed by atoms with Crippen LogP contribution in [0, 0.1) is 17.0 Å². The smallest absolute Gasteiger partial charge is 0.348 e.